The average molecular weight is 294 g/mol. The summed E-state index contributed by atoms with van der Waals surface area (Å²) in [5, 5.41) is 2.99. The van der Waals surface area contributed by atoms with E-state index in [4.69, 9.17) is 11.6 Å². The third kappa shape index (κ3) is 3.72. The lowest BCUT2D eigenvalue weighted by Crippen LogP contribution is -2.34. The van der Waals surface area contributed by atoms with Crippen molar-refractivity contribution >= 4 is 17.5 Å². The quantitative estimate of drug-likeness (QED) is 0.864. The first-order chi connectivity index (χ1) is 9.00. The second kappa shape index (κ2) is 5.94. The highest BCUT2D eigenvalue weighted by Gasteiger charge is 2.33. The zero-order valence-corrected chi connectivity index (χ0v) is 11.0. The van der Waals surface area contributed by atoms with Crippen molar-refractivity contribution in [1.29, 1.82) is 0 Å². The van der Waals surface area contributed by atoms with Gasteiger partial charge < -0.3 is 5.32 Å². The Morgan fingerprint density at radius 1 is 1.32 bits per heavy atom. The van der Waals surface area contributed by atoms with Crippen molar-refractivity contribution in [3.05, 3.63) is 18.0 Å². The van der Waals surface area contributed by atoms with Gasteiger partial charge in [0.05, 0.1) is 0 Å². The summed E-state index contributed by atoms with van der Waals surface area (Å²) in [7, 11) is 0. The molecule has 1 aromatic heterocycles. The fourth-order valence-electron chi connectivity index (χ4n) is 2.33. The lowest BCUT2D eigenvalue weighted by Gasteiger charge is -2.30. The fourth-order valence-corrected chi connectivity index (χ4v) is 2.70. The van der Waals surface area contributed by atoms with Gasteiger partial charge in [-0.2, -0.15) is 13.2 Å². The van der Waals surface area contributed by atoms with Crippen LogP contribution in [0.3, 0.4) is 0 Å². The van der Waals surface area contributed by atoms with Crippen LogP contribution in [0.1, 0.15) is 31.4 Å². The average Bonchev–Trinajstić information content (AvgIpc) is 2.39. The van der Waals surface area contributed by atoms with Gasteiger partial charge in [-0.15, -0.1) is 11.6 Å². The lowest BCUT2D eigenvalue weighted by molar-refractivity contribution is -0.141. The van der Waals surface area contributed by atoms with Crippen LogP contribution in [0.15, 0.2) is 12.3 Å². The molecule has 7 heteroatoms. The standard InChI is InChI=1S/C12H15ClF3N3/c13-7-8-3-1-2-4-9(8)18-11-17-6-5-10(19-11)12(14,15)16/h5-6,8-9H,1-4,7H2,(H,17,18,19). The number of anilines is 1. The Morgan fingerprint density at radius 2 is 2.05 bits per heavy atom. The molecule has 0 bridgehead atoms. The summed E-state index contributed by atoms with van der Waals surface area (Å²) in [6, 6.07) is 0.917. The molecule has 19 heavy (non-hydrogen) atoms. The highest BCUT2D eigenvalue weighted by Crippen LogP contribution is 2.30. The van der Waals surface area contributed by atoms with Crippen LogP contribution < -0.4 is 5.32 Å². The van der Waals surface area contributed by atoms with E-state index in [0.29, 0.717) is 5.88 Å². The van der Waals surface area contributed by atoms with Crippen LogP contribution in [0.5, 0.6) is 0 Å². The van der Waals surface area contributed by atoms with Gasteiger partial charge in [0.15, 0.2) is 0 Å². The van der Waals surface area contributed by atoms with Crippen LogP contribution in [0.2, 0.25) is 0 Å². The van der Waals surface area contributed by atoms with Crippen LogP contribution in [0.4, 0.5) is 19.1 Å². The largest absolute Gasteiger partial charge is 0.433 e. The van der Waals surface area contributed by atoms with Crippen LogP contribution >= 0.6 is 11.6 Å². The Labute approximate surface area is 114 Å². The molecule has 1 fully saturated rings. The van der Waals surface area contributed by atoms with Crippen molar-refractivity contribution in [2.45, 2.75) is 37.9 Å². The number of halogens is 4. The molecule has 106 valence electrons. The zero-order valence-electron chi connectivity index (χ0n) is 10.3. The molecule has 3 nitrogen and oxygen atoms in total. The van der Waals surface area contributed by atoms with Gasteiger partial charge in [-0.1, -0.05) is 12.8 Å². The van der Waals surface area contributed by atoms with Gasteiger partial charge in [0.25, 0.3) is 0 Å². The second-order valence-electron chi connectivity index (χ2n) is 4.71. The van der Waals surface area contributed by atoms with Gasteiger partial charge in [0.1, 0.15) is 5.69 Å². The first-order valence-electron chi connectivity index (χ1n) is 6.23. The molecule has 0 aromatic carbocycles. The molecule has 1 N–H and O–H groups in total. The minimum Gasteiger partial charge on any atom is -0.351 e. The molecule has 1 aliphatic rings. The Balaban J connectivity index is 2.10. The van der Waals surface area contributed by atoms with Gasteiger partial charge >= 0.3 is 6.18 Å². The van der Waals surface area contributed by atoms with Crippen molar-refractivity contribution in [3.63, 3.8) is 0 Å². The number of rotatable bonds is 3. The molecule has 2 unspecified atom stereocenters. The number of aromatic nitrogens is 2. The van der Waals surface area contributed by atoms with E-state index in [1.54, 1.807) is 0 Å². The highest BCUT2D eigenvalue weighted by atomic mass is 35.5. The molecule has 2 rings (SSSR count). The summed E-state index contributed by atoms with van der Waals surface area (Å²) in [6.07, 6.45) is 0.703. The monoisotopic (exact) mass is 293 g/mol. The predicted octanol–water partition coefficient (Wildman–Crippen LogP) is 3.70. The Morgan fingerprint density at radius 3 is 2.74 bits per heavy atom. The first-order valence-corrected chi connectivity index (χ1v) is 6.77. The lowest BCUT2D eigenvalue weighted by atomic mass is 9.86. The molecular weight excluding hydrogens is 279 g/mol. The summed E-state index contributed by atoms with van der Waals surface area (Å²) in [6.45, 7) is 0. The predicted molar refractivity (Wildman–Crippen MR) is 67.1 cm³/mol. The van der Waals surface area contributed by atoms with Crippen molar-refractivity contribution in [1.82, 2.24) is 9.97 Å². The SMILES string of the molecule is FC(F)(F)c1ccnc(NC2CCCCC2CCl)n1. The van der Waals surface area contributed by atoms with Crippen molar-refractivity contribution < 1.29 is 13.2 Å². The molecular formula is C12H15ClF3N3. The van der Waals surface area contributed by atoms with E-state index in [2.05, 4.69) is 15.3 Å². The number of alkyl halides is 4. The number of nitrogens with one attached hydrogen (secondary N) is 1. The molecule has 0 radical (unpaired) electrons. The number of hydrogen-bond acceptors (Lipinski definition) is 3. The minimum absolute atomic E-state index is 0.0249. The summed E-state index contributed by atoms with van der Waals surface area (Å²) >= 11 is 5.88. The van der Waals surface area contributed by atoms with Crippen molar-refractivity contribution in [3.8, 4) is 0 Å². The van der Waals surface area contributed by atoms with E-state index in [-0.39, 0.29) is 17.9 Å². The van der Waals surface area contributed by atoms with Crippen LogP contribution in [0.25, 0.3) is 0 Å². The van der Waals surface area contributed by atoms with E-state index >= 15 is 0 Å². The summed E-state index contributed by atoms with van der Waals surface area (Å²) < 4.78 is 37.7. The molecule has 1 aromatic rings. The van der Waals surface area contributed by atoms with Crippen LogP contribution in [-0.4, -0.2) is 21.9 Å². The van der Waals surface area contributed by atoms with E-state index in [0.717, 1.165) is 37.9 Å². The van der Waals surface area contributed by atoms with Gasteiger partial charge in [0.2, 0.25) is 5.95 Å². The molecule has 0 spiro atoms. The summed E-state index contributed by atoms with van der Waals surface area (Å²) in [5.41, 5.74) is -0.928. The van der Waals surface area contributed by atoms with E-state index in [9.17, 15) is 13.2 Å². The Hall–Kier alpha value is -1.04. The number of nitrogens with zero attached hydrogens (tertiary/aromatic N) is 2. The van der Waals surface area contributed by atoms with Gasteiger partial charge in [-0.25, -0.2) is 9.97 Å². The zero-order chi connectivity index (χ0) is 13.9. The maximum atomic E-state index is 12.6. The summed E-state index contributed by atoms with van der Waals surface area (Å²) in [4.78, 5) is 7.37. The Kier molecular flexibility index (Phi) is 4.50. The van der Waals surface area contributed by atoms with E-state index in [1.807, 2.05) is 0 Å². The smallest absolute Gasteiger partial charge is 0.351 e. The van der Waals surface area contributed by atoms with Crippen LogP contribution in [0, 0.1) is 5.92 Å². The third-order valence-electron chi connectivity index (χ3n) is 3.37. The minimum atomic E-state index is -4.45. The molecule has 1 saturated carbocycles. The molecule has 1 heterocycles. The van der Waals surface area contributed by atoms with Crippen molar-refractivity contribution in [2.75, 3.05) is 11.2 Å². The molecule has 0 aliphatic heterocycles. The molecule has 1 aliphatic carbocycles. The normalized spacial score (nSPS) is 24.2. The van der Waals surface area contributed by atoms with Crippen LogP contribution in [-0.2, 0) is 6.18 Å². The van der Waals surface area contributed by atoms with Gasteiger partial charge in [-0.3, -0.25) is 0 Å². The maximum Gasteiger partial charge on any atom is 0.433 e. The Bertz CT molecular complexity index is 425. The molecule has 0 saturated heterocycles. The second-order valence-corrected chi connectivity index (χ2v) is 5.02. The van der Waals surface area contributed by atoms with Gasteiger partial charge in [0, 0.05) is 18.1 Å². The number of hydrogen-bond donors (Lipinski definition) is 1. The molecule has 2 atom stereocenters. The fraction of sp³-hybridized carbons (Fsp3) is 0.667. The summed E-state index contributed by atoms with van der Waals surface area (Å²) in [5.74, 6) is 0.779. The highest BCUT2D eigenvalue weighted by molar-refractivity contribution is 6.18. The first kappa shape index (κ1) is 14.4. The van der Waals surface area contributed by atoms with Gasteiger partial charge in [-0.05, 0) is 24.8 Å². The topological polar surface area (TPSA) is 37.8 Å². The van der Waals surface area contributed by atoms with E-state index < -0.39 is 11.9 Å². The van der Waals surface area contributed by atoms with E-state index in [1.165, 1.54) is 0 Å². The molecule has 0 amide bonds. The maximum absolute atomic E-state index is 12.6. The van der Waals surface area contributed by atoms with Crippen molar-refractivity contribution in [2.24, 2.45) is 5.92 Å². The third-order valence-corrected chi connectivity index (χ3v) is 3.76.